The van der Waals surface area contributed by atoms with E-state index in [1.54, 1.807) is 11.4 Å². The molecule has 0 spiro atoms. The molecule has 2 aromatic heterocycles. The number of non-ortho nitro benzene ring substituents is 1. The Kier molecular flexibility index (Phi) is 5.55. The maximum atomic E-state index is 12.7. The van der Waals surface area contributed by atoms with E-state index in [1.165, 1.54) is 58.6 Å². The number of hydrogen-bond donors (Lipinski definition) is 1. The number of aromatic nitrogens is 2. The van der Waals surface area contributed by atoms with Crippen molar-refractivity contribution in [2.75, 3.05) is 5.32 Å². The molecule has 10 nitrogen and oxygen atoms in total. The van der Waals surface area contributed by atoms with E-state index in [0.717, 1.165) is 12.1 Å². The molecule has 0 aliphatic heterocycles. The molecule has 0 unspecified atom stereocenters. The van der Waals surface area contributed by atoms with E-state index in [9.17, 15) is 28.1 Å². The van der Waals surface area contributed by atoms with E-state index in [1.807, 2.05) is 0 Å². The summed E-state index contributed by atoms with van der Waals surface area (Å²) < 4.78 is 26.6. The first kappa shape index (κ1) is 21.3. The van der Waals surface area contributed by atoms with E-state index in [-0.39, 0.29) is 27.6 Å². The Hall–Kier alpha value is -3.90. The van der Waals surface area contributed by atoms with Crippen LogP contribution in [-0.2, 0) is 21.2 Å². The van der Waals surface area contributed by atoms with Gasteiger partial charge in [0.1, 0.15) is 11.4 Å². The predicted octanol–water partition coefficient (Wildman–Crippen LogP) is 2.84. The zero-order valence-electron chi connectivity index (χ0n) is 16.2. The number of anilines is 1. The van der Waals surface area contributed by atoms with Gasteiger partial charge in [-0.15, -0.1) is 11.3 Å². The Morgan fingerprint density at radius 1 is 1.06 bits per heavy atom. The molecule has 0 aliphatic rings. The second kappa shape index (κ2) is 8.32. The number of carbonyl (C=O) groups excluding carboxylic acids is 1. The largest absolute Gasteiger partial charge is 0.325 e. The number of rotatable bonds is 6. The molecule has 0 saturated heterocycles. The summed E-state index contributed by atoms with van der Waals surface area (Å²) in [5.41, 5.74) is -0.194. The van der Waals surface area contributed by atoms with Gasteiger partial charge < -0.3 is 5.32 Å². The monoisotopic (exact) mass is 470 g/mol. The topological polar surface area (TPSA) is 141 Å². The number of carbonyl (C=O) groups is 1. The van der Waals surface area contributed by atoms with Crippen molar-refractivity contribution in [3.8, 4) is 0 Å². The van der Waals surface area contributed by atoms with Crippen molar-refractivity contribution in [3.63, 3.8) is 0 Å². The number of thiophene rings is 1. The summed E-state index contributed by atoms with van der Waals surface area (Å²) in [5, 5.41) is 15.5. The smallest absolute Gasteiger partial charge is 0.269 e. The van der Waals surface area contributed by atoms with Crippen molar-refractivity contribution in [2.24, 2.45) is 0 Å². The highest BCUT2D eigenvalue weighted by Gasteiger charge is 2.19. The Labute approximate surface area is 184 Å². The zero-order chi connectivity index (χ0) is 22.9. The van der Waals surface area contributed by atoms with E-state index in [0.29, 0.717) is 15.9 Å². The summed E-state index contributed by atoms with van der Waals surface area (Å²) in [6.45, 7) is -0.250. The summed E-state index contributed by atoms with van der Waals surface area (Å²) in [5.74, 6) is -0.477. The molecule has 32 heavy (non-hydrogen) atoms. The van der Waals surface area contributed by atoms with Crippen molar-refractivity contribution in [2.45, 2.75) is 16.3 Å². The number of nitrogens with one attached hydrogen (secondary N) is 1. The third kappa shape index (κ3) is 4.13. The molecule has 0 fully saturated rings. The fourth-order valence-corrected chi connectivity index (χ4v) is 4.95. The number of nitro groups is 1. The lowest BCUT2D eigenvalue weighted by molar-refractivity contribution is -0.384. The highest BCUT2D eigenvalue weighted by molar-refractivity contribution is 7.91. The zero-order valence-corrected chi connectivity index (χ0v) is 17.8. The second-order valence-corrected chi connectivity index (χ2v) is 9.49. The molecule has 1 amide bonds. The van der Waals surface area contributed by atoms with Gasteiger partial charge in [-0.2, -0.15) is 0 Å². The van der Waals surface area contributed by atoms with Crippen LogP contribution in [0.2, 0.25) is 0 Å². The number of sulfone groups is 1. The molecule has 1 N–H and O–H groups in total. The third-order valence-corrected chi connectivity index (χ3v) is 7.18. The normalized spacial score (nSPS) is 11.4. The average molecular weight is 470 g/mol. The lowest BCUT2D eigenvalue weighted by Gasteiger charge is -2.09. The molecule has 4 aromatic rings. The minimum absolute atomic E-state index is 0.0346. The first-order chi connectivity index (χ1) is 15.3. The fourth-order valence-electron chi connectivity index (χ4n) is 2.96. The van der Waals surface area contributed by atoms with E-state index < -0.39 is 20.7 Å². The van der Waals surface area contributed by atoms with Crippen molar-refractivity contribution in [1.82, 2.24) is 9.55 Å². The van der Waals surface area contributed by atoms with Crippen molar-refractivity contribution in [1.29, 1.82) is 0 Å². The summed E-state index contributed by atoms with van der Waals surface area (Å²) in [6.07, 6.45) is 1.31. The average Bonchev–Trinajstić information content (AvgIpc) is 3.26. The number of amides is 1. The third-order valence-electron chi connectivity index (χ3n) is 4.57. The van der Waals surface area contributed by atoms with Crippen molar-refractivity contribution >= 4 is 48.7 Å². The summed E-state index contributed by atoms with van der Waals surface area (Å²) in [6, 6.07) is 11.7. The van der Waals surface area contributed by atoms with Crippen molar-refractivity contribution in [3.05, 3.63) is 86.8 Å². The van der Waals surface area contributed by atoms with Crippen LogP contribution in [0.5, 0.6) is 0 Å². The summed E-state index contributed by atoms with van der Waals surface area (Å²) >= 11 is 1.33. The number of benzene rings is 2. The Morgan fingerprint density at radius 2 is 1.69 bits per heavy atom. The van der Waals surface area contributed by atoms with Gasteiger partial charge in [0.15, 0.2) is 0 Å². The van der Waals surface area contributed by atoms with Crippen LogP contribution < -0.4 is 10.9 Å². The lowest BCUT2D eigenvalue weighted by Crippen LogP contribution is -2.27. The molecule has 162 valence electrons. The van der Waals surface area contributed by atoms with Gasteiger partial charge in [-0.25, -0.2) is 13.4 Å². The number of nitrogens with zero attached hydrogens (tertiary/aromatic N) is 3. The molecule has 12 heteroatoms. The standard InChI is InChI=1S/C20H14N4O6S2/c25-18(11-23-12-21-19-17(20(23)26)9-10-31-19)22-13-1-5-15(6-2-13)32(29,30)16-7-3-14(4-8-16)24(27)28/h1-10,12H,11H2,(H,22,25). The quantitative estimate of drug-likeness (QED) is 0.337. The Bertz CT molecular complexity index is 1490. The molecule has 0 bridgehead atoms. The molecule has 0 saturated carbocycles. The summed E-state index contributed by atoms with van der Waals surface area (Å²) in [7, 11) is -3.88. The lowest BCUT2D eigenvalue weighted by atomic mass is 10.3. The highest BCUT2D eigenvalue weighted by Crippen LogP contribution is 2.24. The van der Waals surface area contributed by atoms with Crippen LogP contribution in [0.3, 0.4) is 0 Å². The number of hydrogen-bond acceptors (Lipinski definition) is 8. The van der Waals surface area contributed by atoms with Gasteiger partial charge in [0.05, 0.1) is 26.4 Å². The van der Waals surface area contributed by atoms with Gasteiger partial charge in [-0.1, -0.05) is 0 Å². The molecule has 0 radical (unpaired) electrons. The van der Waals surface area contributed by atoms with Gasteiger partial charge in [0.2, 0.25) is 15.7 Å². The minimum Gasteiger partial charge on any atom is -0.325 e. The maximum absolute atomic E-state index is 12.7. The van der Waals surface area contributed by atoms with Gasteiger partial charge in [-0.05, 0) is 47.8 Å². The SMILES string of the molecule is O=C(Cn1cnc2sccc2c1=O)Nc1ccc(S(=O)(=O)c2ccc([N+](=O)[O-])cc2)cc1. The van der Waals surface area contributed by atoms with Crippen LogP contribution in [0.1, 0.15) is 0 Å². The predicted molar refractivity (Wildman–Crippen MR) is 117 cm³/mol. The van der Waals surface area contributed by atoms with Crippen LogP contribution in [-0.4, -0.2) is 28.8 Å². The minimum atomic E-state index is -3.88. The molecule has 4 rings (SSSR count). The Morgan fingerprint density at radius 3 is 2.31 bits per heavy atom. The molecular formula is C20H14N4O6S2. The van der Waals surface area contributed by atoms with E-state index in [4.69, 9.17) is 0 Å². The van der Waals surface area contributed by atoms with Crippen LogP contribution in [0, 0.1) is 10.1 Å². The molecule has 0 atom stereocenters. The first-order valence-corrected chi connectivity index (χ1v) is 11.4. The van der Waals surface area contributed by atoms with Crippen molar-refractivity contribution < 1.29 is 18.1 Å². The Balaban J connectivity index is 1.48. The van der Waals surface area contributed by atoms with E-state index >= 15 is 0 Å². The van der Waals surface area contributed by atoms with E-state index in [2.05, 4.69) is 10.3 Å². The first-order valence-electron chi connectivity index (χ1n) is 9.08. The van der Waals surface area contributed by atoms with Gasteiger partial charge in [0, 0.05) is 17.8 Å². The van der Waals surface area contributed by atoms with Gasteiger partial charge >= 0.3 is 0 Å². The second-order valence-electron chi connectivity index (χ2n) is 6.64. The van der Waals surface area contributed by atoms with Crippen LogP contribution in [0.15, 0.2) is 80.9 Å². The highest BCUT2D eigenvalue weighted by atomic mass is 32.2. The molecule has 2 heterocycles. The van der Waals surface area contributed by atoms with Gasteiger partial charge in [-0.3, -0.25) is 24.3 Å². The van der Waals surface area contributed by atoms with Crippen LogP contribution >= 0.6 is 11.3 Å². The van der Waals surface area contributed by atoms with Crippen LogP contribution in [0.25, 0.3) is 10.2 Å². The van der Waals surface area contributed by atoms with Crippen LogP contribution in [0.4, 0.5) is 11.4 Å². The number of nitro benzene ring substituents is 1. The maximum Gasteiger partial charge on any atom is 0.269 e. The fraction of sp³-hybridized carbons (Fsp3) is 0.0500. The molecule has 2 aromatic carbocycles. The van der Waals surface area contributed by atoms with Gasteiger partial charge in [0.25, 0.3) is 11.2 Å². The molecular weight excluding hydrogens is 456 g/mol. The molecule has 0 aliphatic carbocycles. The summed E-state index contributed by atoms with van der Waals surface area (Å²) in [4.78, 5) is 39.4. The number of fused-ring (bicyclic) bond motifs is 1.